The number of hydrogen-bond donors (Lipinski definition) is 1. The molecule has 0 aromatic heterocycles. The number of nitrogens with one attached hydrogen (secondary N) is 1. The number of ether oxygens (including phenoxy) is 2. The monoisotopic (exact) mass is 163 g/mol. The Morgan fingerprint density at radius 3 is 2.17 bits per heavy atom. The van der Waals surface area contributed by atoms with E-state index in [4.69, 9.17) is 9.47 Å². The van der Waals surface area contributed by atoms with Gasteiger partial charge in [-0.3, -0.25) is 0 Å². The Kier molecular flexibility index (Phi) is 1.12. The molecule has 0 radical (unpaired) electrons. The molecule has 2 aliphatic heterocycles. The summed E-state index contributed by atoms with van der Waals surface area (Å²) in [6, 6.07) is 4.13. The van der Waals surface area contributed by atoms with Crippen LogP contribution in [-0.2, 0) is 13.1 Å². The van der Waals surface area contributed by atoms with Gasteiger partial charge in [0.05, 0.1) is 0 Å². The average Bonchev–Trinajstić information content (AvgIpc) is 2.64. The van der Waals surface area contributed by atoms with Crippen molar-refractivity contribution in [3.8, 4) is 11.5 Å². The second-order valence-electron chi connectivity index (χ2n) is 3.08. The molecule has 0 atom stereocenters. The summed E-state index contributed by atoms with van der Waals surface area (Å²) in [5.41, 5.74) is 2.67. The number of fused-ring (bicyclic) bond motifs is 2. The van der Waals surface area contributed by atoms with E-state index < -0.39 is 0 Å². The molecule has 0 amide bonds. The largest absolute Gasteiger partial charge is 0.454 e. The lowest BCUT2D eigenvalue weighted by atomic mass is 10.1. The predicted molar refractivity (Wildman–Crippen MR) is 43.1 cm³/mol. The maximum atomic E-state index is 5.27. The highest BCUT2D eigenvalue weighted by Crippen LogP contribution is 2.35. The minimum Gasteiger partial charge on any atom is -0.454 e. The fourth-order valence-electron chi connectivity index (χ4n) is 1.69. The van der Waals surface area contributed by atoms with Crippen molar-refractivity contribution < 1.29 is 9.47 Å². The summed E-state index contributed by atoms with van der Waals surface area (Å²) in [6.45, 7) is 2.27. The highest BCUT2D eigenvalue weighted by atomic mass is 16.7. The topological polar surface area (TPSA) is 30.5 Å². The van der Waals surface area contributed by atoms with Gasteiger partial charge in [0, 0.05) is 13.1 Å². The number of benzene rings is 1. The Hall–Kier alpha value is -1.22. The van der Waals surface area contributed by atoms with Crippen molar-refractivity contribution in [1.82, 2.24) is 5.32 Å². The van der Waals surface area contributed by atoms with E-state index >= 15 is 0 Å². The van der Waals surface area contributed by atoms with E-state index in [1.54, 1.807) is 0 Å². The van der Waals surface area contributed by atoms with E-state index in [9.17, 15) is 0 Å². The molecule has 3 heteroatoms. The van der Waals surface area contributed by atoms with Crippen molar-refractivity contribution in [3.05, 3.63) is 23.3 Å². The molecule has 2 heterocycles. The highest BCUT2D eigenvalue weighted by Gasteiger charge is 2.19. The molecule has 0 aliphatic carbocycles. The normalized spacial score (nSPS) is 18.0. The molecule has 62 valence electrons. The predicted octanol–water partition coefficient (Wildman–Crippen LogP) is 1.02. The van der Waals surface area contributed by atoms with E-state index in [1.807, 2.05) is 0 Å². The van der Waals surface area contributed by atoms with Gasteiger partial charge < -0.3 is 14.8 Å². The third kappa shape index (κ3) is 0.741. The second-order valence-corrected chi connectivity index (χ2v) is 3.08. The van der Waals surface area contributed by atoms with Crippen LogP contribution in [0.5, 0.6) is 11.5 Å². The molecule has 0 saturated carbocycles. The number of hydrogen-bond acceptors (Lipinski definition) is 3. The van der Waals surface area contributed by atoms with E-state index in [0.717, 1.165) is 24.6 Å². The summed E-state index contributed by atoms with van der Waals surface area (Å²) >= 11 is 0. The maximum absolute atomic E-state index is 5.27. The zero-order valence-corrected chi connectivity index (χ0v) is 6.59. The molecule has 3 nitrogen and oxygen atoms in total. The molecule has 2 aliphatic rings. The van der Waals surface area contributed by atoms with Gasteiger partial charge in [0.2, 0.25) is 6.79 Å². The van der Waals surface area contributed by atoms with Crippen LogP contribution in [0.4, 0.5) is 0 Å². The van der Waals surface area contributed by atoms with Gasteiger partial charge in [-0.15, -0.1) is 0 Å². The first-order chi connectivity index (χ1) is 5.93. The molecular weight excluding hydrogens is 154 g/mol. The highest BCUT2D eigenvalue weighted by molar-refractivity contribution is 5.49. The molecule has 1 aromatic carbocycles. The molecule has 0 bridgehead atoms. The van der Waals surface area contributed by atoms with Crippen LogP contribution in [0.1, 0.15) is 11.1 Å². The van der Waals surface area contributed by atoms with Crippen molar-refractivity contribution in [1.29, 1.82) is 0 Å². The van der Waals surface area contributed by atoms with Gasteiger partial charge in [-0.1, -0.05) is 0 Å². The second kappa shape index (κ2) is 2.14. The number of rotatable bonds is 0. The lowest BCUT2D eigenvalue weighted by Gasteiger charge is -1.99. The van der Waals surface area contributed by atoms with Gasteiger partial charge in [0.15, 0.2) is 11.5 Å². The van der Waals surface area contributed by atoms with Crippen LogP contribution < -0.4 is 14.8 Å². The van der Waals surface area contributed by atoms with Gasteiger partial charge in [-0.25, -0.2) is 0 Å². The molecule has 1 aromatic rings. The summed E-state index contributed by atoms with van der Waals surface area (Å²) in [7, 11) is 0. The fraction of sp³-hybridized carbons (Fsp3) is 0.333. The quantitative estimate of drug-likeness (QED) is 0.619. The minimum atomic E-state index is 0.367. The molecule has 1 N–H and O–H groups in total. The third-order valence-electron chi connectivity index (χ3n) is 2.33. The molecule has 3 rings (SSSR count). The van der Waals surface area contributed by atoms with Gasteiger partial charge >= 0.3 is 0 Å². The molecule has 0 unspecified atom stereocenters. The van der Waals surface area contributed by atoms with Crippen molar-refractivity contribution >= 4 is 0 Å². The third-order valence-corrected chi connectivity index (χ3v) is 2.33. The molecular formula is C9H9NO2. The molecule has 0 fully saturated rings. The smallest absolute Gasteiger partial charge is 0.231 e. The summed E-state index contributed by atoms with van der Waals surface area (Å²) in [4.78, 5) is 0. The first-order valence-electron chi connectivity index (χ1n) is 4.05. The van der Waals surface area contributed by atoms with Gasteiger partial charge in [0.25, 0.3) is 0 Å². The van der Waals surface area contributed by atoms with E-state index in [-0.39, 0.29) is 0 Å². The van der Waals surface area contributed by atoms with Crippen molar-refractivity contribution in [3.63, 3.8) is 0 Å². The van der Waals surface area contributed by atoms with E-state index in [2.05, 4.69) is 17.4 Å². The van der Waals surface area contributed by atoms with Crippen LogP contribution in [0.2, 0.25) is 0 Å². The average molecular weight is 163 g/mol. The Morgan fingerprint density at radius 2 is 1.58 bits per heavy atom. The molecule has 0 spiro atoms. The standard InChI is InChI=1S/C9H9NO2/c1-6-3-10-4-7(6)2-9-8(1)11-5-12-9/h1-2,10H,3-5H2. The maximum Gasteiger partial charge on any atom is 0.231 e. The fourth-order valence-corrected chi connectivity index (χ4v) is 1.69. The van der Waals surface area contributed by atoms with E-state index in [0.29, 0.717) is 6.79 Å². The molecule has 0 saturated heterocycles. The summed E-state index contributed by atoms with van der Waals surface area (Å²) < 4.78 is 10.5. The minimum absolute atomic E-state index is 0.367. The first kappa shape index (κ1) is 6.31. The Morgan fingerprint density at radius 1 is 1.00 bits per heavy atom. The first-order valence-corrected chi connectivity index (χ1v) is 4.05. The molecule has 12 heavy (non-hydrogen) atoms. The van der Waals surface area contributed by atoms with Gasteiger partial charge in [0.1, 0.15) is 0 Å². The van der Waals surface area contributed by atoms with Crippen LogP contribution in [0.3, 0.4) is 0 Å². The van der Waals surface area contributed by atoms with Crippen LogP contribution >= 0.6 is 0 Å². The van der Waals surface area contributed by atoms with Crippen molar-refractivity contribution in [2.75, 3.05) is 6.79 Å². The summed E-state index contributed by atoms with van der Waals surface area (Å²) in [5.74, 6) is 1.77. The Labute approximate surface area is 70.3 Å². The van der Waals surface area contributed by atoms with Crippen LogP contribution in [-0.4, -0.2) is 6.79 Å². The Balaban J connectivity index is 2.18. The van der Waals surface area contributed by atoms with Crippen LogP contribution in [0.15, 0.2) is 12.1 Å². The van der Waals surface area contributed by atoms with Crippen molar-refractivity contribution in [2.45, 2.75) is 13.1 Å². The SMILES string of the molecule is c1c2c(cc3c1OCO3)CNC2. The van der Waals surface area contributed by atoms with Gasteiger partial charge in [-0.05, 0) is 23.3 Å². The zero-order chi connectivity index (χ0) is 7.97. The summed E-state index contributed by atoms with van der Waals surface area (Å²) in [5, 5.41) is 3.28. The van der Waals surface area contributed by atoms with E-state index in [1.165, 1.54) is 11.1 Å². The van der Waals surface area contributed by atoms with Crippen LogP contribution in [0, 0.1) is 0 Å². The lowest BCUT2D eigenvalue weighted by Crippen LogP contribution is -2.00. The lowest BCUT2D eigenvalue weighted by molar-refractivity contribution is 0.174. The van der Waals surface area contributed by atoms with Crippen LogP contribution in [0.25, 0.3) is 0 Å². The summed E-state index contributed by atoms with van der Waals surface area (Å²) in [6.07, 6.45) is 0. The zero-order valence-electron chi connectivity index (χ0n) is 6.59. The Bertz CT molecular complexity index is 275. The van der Waals surface area contributed by atoms with Gasteiger partial charge in [-0.2, -0.15) is 0 Å². The van der Waals surface area contributed by atoms with Crippen molar-refractivity contribution in [2.24, 2.45) is 0 Å².